The van der Waals surface area contributed by atoms with Crippen LogP contribution < -0.4 is 9.64 Å². The van der Waals surface area contributed by atoms with Crippen molar-refractivity contribution in [2.24, 2.45) is 20.5 Å². The summed E-state index contributed by atoms with van der Waals surface area (Å²) in [5, 5.41) is 17.3. The number of ether oxygens (including phenoxy) is 3. The smallest absolute Gasteiger partial charge is 0.305 e. The zero-order valence-corrected chi connectivity index (χ0v) is 28.8. The predicted octanol–water partition coefficient (Wildman–Crippen LogP) is 10.7. The summed E-state index contributed by atoms with van der Waals surface area (Å²) in [5.41, 5.74) is 3.94. The van der Waals surface area contributed by atoms with Crippen molar-refractivity contribution in [3.8, 4) is 5.75 Å². The fourth-order valence-corrected chi connectivity index (χ4v) is 4.65. The minimum Gasteiger partial charge on any atom is -0.494 e. The van der Waals surface area contributed by atoms with Gasteiger partial charge in [0.2, 0.25) is 0 Å². The van der Waals surface area contributed by atoms with E-state index in [9.17, 15) is 9.59 Å². The normalized spacial score (nSPS) is 11.2. The van der Waals surface area contributed by atoms with Gasteiger partial charge in [-0.2, -0.15) is 20.5 Å². The average Bonchev–Trinajstić information content (AvgIpc) is 3.12. The van der Waals surface area contributed by atoms with Gasteiger partial charge in [0.1, 0.15) is 12.4 Å². The van der Waals surface area contributed by atoms with Gasteiger partial charge < -0.3 is 19.1 Å². The monoisotopic (exact) mass is 657 g/mol. The van der Waals surface area contributed by atoms with E-state index in [4.69, 9.17) is 14.2 Å². The highest BCUT2D eigenvalue weighted by Gasteiger charge is 2.04. The van der Waals surface area contributed by atoms with Crippen molar-refractivity contribution in [1.29, 1.82) is 0 Å². The molecule has 0 radical (unpaired) electrons. The molecule has 3 rings (SSSR count). The van der Waals surface area contributed by atoms with Crippen molar-refractivity contribution >= 4 is 40.4 Å². The summed E-state index contributed by atoms with van der Waals surface area (Å²) in [6.45, 7) is 5.84. The minimum absolute atomic E-state index is 0.103. The van der Waals surface area contributed by atoms with Crippen molar-refractivity contribution in [1.82, 2.24) is 0 Å². The molecule has 0 fully saturated rings. The Balaban J connectivity index is 1.28. The maximum Gasteiger partial charge on any atom is 0.305 e. The number of hydrogen-bond acceptors (Lipinski definition) is 10. The third kappa shape index (κ3) is 15.8. The molecule has 10 heteroatoms. The molecule has 0 unspecified atom stereocenters. The van der Waals surface area contributed by atoms with Gasteiger partial charge in [0, 0.05) is 25.6 Å². The summed E-state index contributed by atoms with van der Waals surface area (Å²) < 4.78 is 16.1. The quantitative estimate of drug-likeness (QED) is 0.0569. The Morgan fingerprint density at radius 1 is 0.521 bits per heavy atom. The van der Waals surface area contributed by atoms with Crippen LogP contribution in [-0.4, -0.2) is 45.4 Å². The number of unbranched alkanes of at least 4 members (excludes halogenated alkanes) is 8. The van der Waals surface area contributed by atoms with E-state index in [2.05, 4.69) is 20.5 Å². The van der Waals surface area contributed by atoms with Crippen LogP contribution in [0.2, 0.25) is 0 Å². The lowest BCUT2D eigenvalue weighted by Gasteiger charge is -2.19. The number of nitrogens with zero attached hydrogens (tertiary/aromatic N) is 5. The zero-order chi connectivity index (χ0) is 34.2. The topological polar surface area (TPSA) is 115 Å². The van der Waals surface area contributed by atoms with E-state index in [0.717, 1.165) is 47.8 Å². The molecular weight excluding hydrogens is 606 g/mol. The van der Waals surface area contributed by atoms with Crippen molar-refractivity contribution in [3.63, 3.8) is 0 Å². The van der Waals surface area contributed by atoms with Crippen LogP contribution in [0.5, 0.6) is 5.75 Å². The van der Waals surface area contributed by atoms with E-state index in [1.54, 1.807) is 6.92 Å². The molecule has 258 valence electrons. The maximum absolute atomic E-state index is 11.3. The SMILES string of the molecule is CCC(=O)OCCCCCCCCCCCOc1ccc(N=Nc2ccc(N=Nc3ccc(N(C)CCOC(=O)CC)cc3)cc2)cc1. The van der Waals surface area contributed by atoms with Crippen molar-refractivity contribution < 1.29 is 23.8 Å². The number of rotatable bonds is 23. The van der Waals surface area contributed by atoms with Gasteiger partial charge in [-0.15, -0.1) is 0 Å². The highest BCUT2D eigenvalue weighted by atomic mass is 16.5. The minimum atomic E-state index is -0.190. The molecule has 0 aliphatic rings. The third-order valence-electron chi connectivity index (χ3n) is 7.63. The molecule has 0 saturated heterocycles. The molecule has 0 aliphatic heterocycles. The van der Waals surface area contributed by atoms with Crippen molar-refractivity contribution in [2.75, 3.05) is 38.3 Å². The number of carbonyl (C=O) groups is 2. The second-order valence-electron chi connectivity index (χ2n) is 11.5. The number of carbonyl (C=O) groups excluding carboxylic acids is 2. The molecule has 10 nitrogen and oxygen atoms in total. The number of esters is 2. The summed E-state index contributed by atoms with van der Waals surface area (Å²) >= 11 is 0. The molecule has 3 aromatic carbocycles. The van der Waals surface area contributed by atoms with Crippen LogP contribution in [0.15, 0.2) is 93.3 Å². The first kappa shape index (κ1) is 37.9. The van der Waals surface area contributed by atoms with E-state index in [1.165, 1.54) is 38.5 Å². The molecule has 0 spiro atoms. The van der Waals surface area contributed by atoms with Gasteiger partial charge in [0.25, 0.3) is 0 Å². The van der Waals surface area contributed by atoms with Gasteiger partial charge in [-0.05, 0) is 85.6 Å². The summed E-state index contributed by atoms with van der Waals surface area (Å²) in [4.78, 5) is 24.4. The Morgan fingerprint density at radius 2 is 0.896 bits per heavy atom. The Hall–Kier alpha value is -4.60. The van der Waals surface area contributed by atoms with Gasteiger partial charge >= 0.3 is 11.9 Å². The summed E-state index contributed by atoms with van der Waals surface area (Å²) in [6, 6.07) is 22.8. The van der Waals surface area contributed by atoms with E-state index in [-0.39, 0.29) is 11.9 Å². The van der Waals surface area contributed by atoms with E-state index < -0.39 is 0 Å². The summed E-state index contributed by atoms with van der Waals surface area (Å²) in [7, 11) is 1.95. The molecule has 0 aromatic heterocycles. The largest absolute Gasteiger partial charge is 0.494 e. The van der Waals surface area contributed by atoms with Crippen LogP contribution in [-0.2, 0) is 19.1 Å². The first-order valence-electron chi connectivity index (χ1n) is 17.3. The molecule has 48 heavy (non-hydrogen) atoms. The Labute approximate surface area is 285 Å². The second-order valence-corrected chi connectivity index (χ2v) is 11.5. The first-order chi connectivity index (χ1) is 23.5. The second kappa shape index (κ2) is 22.8. The van der Waals surface area contributed by atoms with Gasteiger partial charge in [-0.1, -0.05) is 58.8 Å². The van der Waals surface area contributed by atoms with Crippen molar-refractivity contribution in [2.45, 2.75) is 84.5 Å². The lowest BCUT2D eigenvalue weighted by molar-refractivity contribution is -0.144. The van der Waals surface area contributed by atoms with E-state index in [1.807, 2.05) is 91.7 Å². The number of likely N-dealkylation sites (N-methyl/N-ethyl adjacent to an activating group) is 1. The van der Waals surface area contributed by atoms with E-state index in [0.29, 0.717) is 44.9 Å². The van der Waals surface area contributed by atoms with Crippen LogP contribution >= 0.6 is 0 Å². The molecule has 3 aromatic rings. The molecule has 0 bridgehead atoms. The first-order valence-corrected chi connectivity index (χ1v) is 17.3. The Morgan fingerprint density at radius 3 is 1.35 bits per heavy atom. The van der Waals surface area contributed by atoms with Gasteiger partial charge in [0.05, 0.1) is 42.5 Å². The highest BCUT2D eigenvalue weighted by molar-refractivity contribution is 5.69. The molecule has 0 atom stereocenters. The zero-order valence-electron chi connectivity index (χ0n) is 28.8. The fraction of sp³-hybridized carbons (Fsp3) is 0.474. The number of benzene rings is 3. The summed E-state index contributed by atoms with van der Waals surface area (Å²) in [5.74, 6) is 0.545. The molecule has 0 N–H and O–H groups in total. The molecule has 0 amide bonds. The lowest BCUT2D eigenvalue weighted by atomic mass is 10.1. The number of anilines is 1. The fourth-order valence-electron chi connectivity index (χ4n) is 4.65. The highest BCUT2D eigenvalue weighted by Crippen LogP contribution is 2.25. The van der Waals surface area contributed by atoms with Crippen LogP contribution in [0.1, 0.15) is 84.5 Å². The Bertz CT molecular complexity index is 1390. The lowest BCUT2D eigenvalue weighted by Crippen LogP contribution is -2.23. The molecule has 0 aliphatic carbocycles. The maximum atomic E-state index is 11.3. The van der Waals surface area contributed by atoms with Gasteiger partial charge in [0.15, 0.2) is 0 Å². The predicted molar refractivity (Wildman–Crippen MR) is 190 cm³/mol. The van der Waals surface area contributed by atoms with Crippen molar-refractivity contribution in [3.05, 3.63) is 72.8 Å². The number of azo groups is 2. The van der Waals surface area contributed by atoms with Crippen LogP contribution in [0.4, 0.5) is 28.4 Å². The van der Waals surface area contributed by atoms with Gasteiger partial charge in [-0.25, -0.2) is 0 Å². The van der Waals surface area contributed by atoms with Gasteiger partial charge in [-0.3, -0.25) is 9.59 Å². The third-order valence-corrected chi connectivity index (χ3v) is 7.63. The molecule has 0 saturated carbocycles. The van der Waals surface area contributed by atoms with Crippen LogP contribution in [0.25, 0.3) is 0 Å². The summed E-state index contributed by atoms with van der Waals surface area (Å²) in [6.07, 6.45) is 11.4. The van der Waals surface area contributed by atoms with E-state index >= 15 is 0 Å². The molecule has 0 heterocycles. The van der Waals surface area contributed by atoms with Crippen LogP contribution in [0.3, 0.4) is 0 Å². The standard InChI is InChI=1S/C38H51N5O5/c1-4-37(44)47-29-14-12-10-8-6-7-9-11-13-28-46-36-25-21-34(22-26-36)42-40-32-17-15-31(16-18-32)39-41-33-19-23-35(24-20-33)43(3)27-30-48-38(45)5-2/h15-26H,4-14,27-30H2,1-3H3. The van der Waals surface area contributed by atoms with Crippen LogP contribution in [0, 0.1) is 0 Å². The average molecular weight is 658 g/mol. The molecular formula is C38H51N5O5. The Kier molecular flexibility index (Phi) is 18.0. The number of hydrogen-bond donors (Lipinski definition) is 0.